The summed E-state index contributed by atoms with van der Waals surface area (Å²) in [6, 6.07) is 4.06. The number of rotatable bonds is 4. The van der Waals surface area contributed by atoms with Gasteiger partial charge in [0.25, 0.3) is 0 Å². The molecule has 0 radical (unpaired) electrons. The van der Waals surface area contributed by atoms with Gasteiger partial charge in [0, 0.05) is 12.7 Å². The Morgan fingerprint density at radius 3 is 2.93 bits per heavy atom. The fraction of sp³-hybridized carbons (Fsp3) is 0.222. The molecule has 0 saturated carbocycles. The molecule has 0 bridgehead atoms. The third kappa shape index (κ3) is 2.98. The van der Waals surface area contributed by atoms with Crippen molar-refractivity contribution >= 4 is 23.3 Å². The summed E-state index contributed by atoms with van der Waals surface area (Å²) in [4.78, 5) is 8.42. The van der Waals surface area contributed by atoms with Crippen molar-refractivity contribution in [2.45, 2.75) is 15.9 Å². The van der Waals surface area contributed by atoms with Crippen LogP contribution in [0.2, 0.25) is 0 Å². The summed E-state index contributed by atoms with van der Waals surface area (Å²) in [5.41, 5.74) is 1.18. The molecular weight excluding hydrogens is 228 g/mol. The van der Waals surface area contributed by atoms with E-state index in [2.05, 4.69) is 25.7 Å². The van der Waals surface area contributed by atoms with Gasteiger partial charge in [-0.1, -0.05) is 6.07 Å². The van der Waals surface area contributed by atoms with Crippen molar-refractivity contribution in [3.05, 3.63) is 30.2 Å². The second kappa shape index (κ2) is 5.20. The number of pyridine rings is 1. The summed E-state index contributed by atoms with van der Waals surface area (Å²) < 4.78 is 4.86. The van der Waals surface area contributed by atoms with E-state index in [-0.39, 0.29) is 0 Å². The Bertz CT molecular complexity index is 399. The number of nitrogens with zero attached hydrogens (tertiary/aromatic N) is 3. The molecule has 0 unspecified atom stereocenters. The van der Waals surface area contributed by atoms with Gasteiger partial charge in [-0.05, 0) is 42.0 Å². The second-order valence-corrected chi connectivity index (χ2v) is 4.89. The predicted octanol–water partition coefficient (Wildman–Crippen LogP) is 1.80. The molecule has 0 fully saturated rings. The normalized spacial score (nSPS) is 10.5. The van der Waals surface area contributed by atoms with Crippen molar-refractivity contribution < 1.29 is 0 Å². The molecule has 78 valence electrons. The maximum Gasteiger partial charge on any atom is 0.175 e. The van der Waals surface area contributed by atoms with Crippen LogP contribution in [0.5, 0.6) is 0 Å². The van der Waals surface area contributed by atoms with Gasteiger partial charge in [-0.3, -0.25) is 0 Å². The molecule has 2 rings (SSSR count). The zero-order valence-electron chi connectivity index (χ0n) is 8.17. The summed E-state index contributed by atoms with van der Waals surface area (Å²) in [5.74, 6) is 0. The smallest absolute Gasteiger partial charge is 0.175 e. The van der Waals surface area contributed by atoms with Crippen molar-refractivity contribution in [1.82, 2.24) is 19.7 Å². The van der Waals surface area contributed by atoms with Crippen LogP contribution in [0.1, 0.15) is 5.56 Å². The predicted molar refractivity (Wildman–Crippen MR) is 61.0 cm³/mol. The van der Waals surface area contributed by atoms with Gasteiger partial charge < -0.3 is 5.32 Å². The molecule has 0 aliphatic heterocycles. The second-order valence-electron chi connectivity index (χ2n) is 2.84. The number of aromatic nitrogens is 3. The van der Waals surface area contributed by atoms with Crippen molar-refractivity contribution in [2.24, 2.45) is 0 Å². The molecule has 2 heterocycles. The molecule has 0 saturated heterocycles. The molecule has 2 aromatic rings. The molecule has 0 atom stereocenters. The van der Waals surface area contributed by atoms with Crippen LogP contribution in [0.4, 0.5) is 0 Å². The van der Waals surface area contributed by atoms with E-state index < -0.39 is 0 Å². The van der Waals surface area contributed by atoms with E-state index in [1.54, 1.807) is 6.33 Å². The zero-order valence-corrected chi connectivity index (χ0v) is 9.81. The summed E-state index contributed by atoms with van der Waals surface area (Å²) in [6.45, 7) is 0.844. The molecule has 2 aromatic heterocycles. The van der Waals surface area contributed by atoms with Crippen LogP contribution in [-0.2, 0) is 6.54 Å². The third-order valence-corrected chi connectivity index (χ3v) is 3.38. The number of hydrogen-bond donors (Lipinski definition) is 1. The van der Waals surface area contributed by atoms with Gasteiger partial charge in [0.2, 0.25) is 0 Å². The fourth-order valence-corrected chi connectivity index (χ4v) is 2.41. The van der Waals surface area contributed by atoms with Crippen LogP contribution in [-0.4, -0.2) is 21.4 Å². The molecule has 15 heavy (non-hydrogen) atoms. The van der Waals surface area contributed by atoms with Crippen LogP contribution in [0.3, 0.4) is 0 Å². The highest BCUT2D eigenvalue weighted by Gasteiger charge is 2.01. The monoisotopic (exact) mass is 238 g/mol. The first-order chi connectivity index (χ1) is 7.38. The van der Waals surface area contributed by atoms with Crippen molar-refractivity contribution in [1.29, 1.82) is 0 Å². The summed E-state index contributed by atoms with van der Waals surface area (Å²) >= 11 is 2.92. The number of hydrogen-bond acceptors (Lipinski definition) is 6. The number of nitrogens with one attached hydrogen (secondary N) is 1. The van der Waals surface area contributed by atoms with Crippen LogP contribution in [0, 0.1) is 0 Å². The van der Waals surface area contributed by atoms with Crippen LogP contribution >= 0.6 is 23.3 Å². The minimum atomic E-state index is 0.844. The topological polar surface area (TPSA) is 50.7 Å². The van der Waals surface area contributed by atoms with Crippen molar-refractivity contribution in [3.63, 3.8) is 0 Å². The quantitative estimate of drug-likeness (QED) is 0.880. The van der Waals surface area contributed by atoms with E-state index in [1.165, 1.54) is 28.9 Å². The highest BCUT2D eigenvalue weighted by molar-refractivity contribution is 8.00. The van der Waals surface area contributed by atoms with E-state index in [9.17, 15) is 0 Å². The van der Waals surface area contributed by atoms with Gasteiger partial charge >= 0.3 is 0 Å². The first-order valence-corrected chi connectivity index (χ1v) is 6.01. The Hall–Kier alpha value is -0.980. The minimum Gasteiger partial charge on any atom is -0.316 e. The van der Waals surface area contributed by atoms with E-state index in [4.69, 9.17) is 0 Å². The molecule has 0 spiro atoms. The van der Waals surface area contributed by atoms with Gasteiger partial charge in [-0.15, -0.1) is 0 Å². The van der Waals surface area contributed by atoms with E-state index in [0.717, 1.165) is 15.9 Å². The van der Waals surface area contributed by atoms with Crippen LogP contribution in [0.15, 0.2) is 34.0 Å². The van der Waals surface area contributed by atoms with Gasteiger partial charge in [0.15, 0.2) is 4.34 Å². The molecular formula is C9H10N4S2. The minimum absolute atomic E-state index is 0.844. The molecule has 0 aliphatic carbocycles. The average Bonchev–Trinajstić information content (AvgIpc) is 2.74. The average molecular weight is 238 g/mol. The Kier molecular flexibility index (Phi) is 3.65. The summed E-state index contributed by atoms with van der Waals surface area (Å²) in [5, 5.41) is 4.03. The maximum absolute atomic E-state index is 4.33. The zero-order chi connectivity index (χ0) is 10.5. The van der Waals surface area contributed by atoms with E-state index in [0.29, 0.717) is 0 Å². The summed E-state index contributed by atoms with van der Waals surface area (Å²) in [7, 11) is 1.92. The van der Waals surface area contributed by atoms with Gasteiger partial charge in [-0.25, -0.2) is 9.97 Å². The highest BCUT2D eigenvalue weighted by atomic mass is 32.2. The maximum atomic E-state index is 4.33. The SMILES string of the molecule is CNCc1ccc(Sc2ncns2)nc1. The third-order valence-electron chi connectivity index (χ3n) is 1.71. The van der Waals surface area contributed by atoms with Crippen molar-refractivity contribution in [2.75, 3.05) is 7.05 Å². The standard InChI is InChI=1S/C9H10N4S2/c1-10-4-7-2-3-8(11-5-7)14-9-12-6-13-15-9/h2-3,5-6,10H,4H2,1H3. The Balaban J connectivity index is 2.04. The Labute approximate surface area is 96.3 Å². The molecule has 1 N–H and O–H groups in total. The molecule has 0 aliphatic rings. The lowest BCUT2D eigenvalue weighted by Gasteiger charge is -2.00. The van der Waals surface area contributed by atoms with Crippen molar-refractivity contribution in [3.8, 4) is 0 Å². The largest absolute Gasteiger partial charge is 0.316 e. The van der Waals surface area contributed by atoms with Crippen LogP contribution in [0.25, 0.3) is 0 Å². The lowest BCUT2D eigenvalue weighted by Crippen LogP contribution is -2.04. The molecule has 6 heteroatoms. The Morgan fingerprint density at radius 1 is 1.40 bits per heavy atom. The van der Waals surface area contributed by atoms with Gasteiger partial charge in [0.1, 0.15) is 11.4 Å². The summed E-state index contributed by atoms with van der Waals surface area (Å²) in [6.07, 6.45) is 3.43. The first-order valence-electron chi connectivity index (χ1n) is 4.42. The highest BCUT2D eigenvalue weighted by Crippen LogP contribution is 2.25. The molecule has 0 aromatic carbocycles. The first kappa shape index (κ1) is 10.5. The van der Waals surface area contributed by atoms with E-state index >= 15 is 0 Å². The van der Waals surface area contributed by atoms with Gasteiger partial charge in [-0.2, -0.15) is 4.37 Å². The molecule has 0 amide bonds. The van der Waals surface area contributed by atoms with E-state index in [1.807, 2.05) is 19.3 Å². The lowest BCUT2D eigenvalue weighted by molar-refractivity contribution is 0.809. The van der Waals surface area contributed by atoms with Gasteiger partial charge in [0.05, 0.1) is 0 Å². The van der Waals surface area contributed by atoms with Crippen LogP contribution < -0.4 is 5.32 Å². The molecule has 4 nitrogen and oxygen atoms in total. The fourth-order valence-electron chi connectivity index (χ4n) is 1.08. The lowest BCUT2D eigenvalue weighted by atomic mass is 10.3. The Morgan fingerprint density at radius 2 is 2.33 bits per heavy atom.